The Morgan fingerprint density at radius 2 is 1.70 bits per heavy atom. The van der Waals surface area contributed by atoms with Crippen LogP contribution in [0.3, 0.4) is 0 Å². The molecule has 0 N–H and O–H groups in total. The maximum Gasteiger partial charge on any atom is 0.363 e. The Labute approximate surface area is 247 Å². The number of para-hydroxylation sites is 1. The van der Waals surface area contributed by atoms with Gasteiger partial charge in [-0.1, -0.05) is 59.1 Å². The molecule has 0 unspecified atom stereocenters. The van der Waals surface area contributed by atoms with E-state index in [-0.39, 0.29) is 32.9 Å². The average molecular weight is 630 g/mol. The van der Waals surface area contributed by atoms with Gasteiger partial charge in [0.2, 0.25) is 5.90 Å². The van der Waals surface area contributed by atoms with Gasteiger partial charge in [-0.05, 0) is 30.3 Å². The van der Waals surface area contributed by atoms with Crippen LogP contribution in [0.2, 0.25) is 15.1 Å². The van der Waals surface area contributed by atoms with Crippen LogP contribution in [0.15, 0.2) is 71.4 Å². The summed E-state index contributed by atoms with van der Waals surface area (Å²) in [7, 11) is 0. The second-order valence-electron chi connectivity index (χ2n) is 8.33. The molecule has 0 spiro atoms. The smallest absolute Gasteiger partial charge is 0.363 e. The van der Waals surface area contributed by atoms with Gasteiger partial charge in [-0.2, -0.15) is 0 Å². The normalized spacial score (nSPS) is 14.1. The third kappa shape index (κ3) is 4.74. The van der Waals surface area contributed by atoms with Crippen molar-refractivity contribution in [3.63, 3.8) is 0 Å². The maximum absolute atomic E-state index is 13.1. The number of thiophene rings is 2. The summed E-state index contributed by atoms with van der Waals surface area (Å²) in [5.74, 6) is -1.25. The number of aliphatic imine (C=N–C) groups is 1. The van der Waals surface area contributed by atoms with Crippen molar-refractivity contribution in [1.29, 1.82) is 0 Å². The zero-order valence-electron chi connectivity index (χ0n) is 19.6. The summed E-state index contributed by atoms with van der Waals surface area (Å²) in [6, 6.07) is 16.0. The zero-order valence-corrected chi connectivity index (χ0v) is 23.5. The first-order valence-corrected chi connectivity index (χ1v) is 14.0. The van der Waals surface area contributed by atoms with Gasteiger partial charge >= 0.3 is 11.9 Å². The number of benzene rings is 3. The molecule has 0 fully saturated rings. The molecule has 0 radical (unpaired) electrons. The lowest BCUT2D eigenvalue weighted by Gasteiger charge is -2.07. The van der Waals surface area contributed by atoms with Gasteiger partial charge in [0.15, 0.2) is 5.70 Å². The molecule has 3 aromatic carbocycles. The van der Waals surface area contributed by atoms with Crippen molar-refractivity contribution >= 4 is 107 Å². The van der Waals surface area contributed by atoms with Crippen molar-refractivity contribution in [2.75, 3.05) is 0 Å². The van der Waals surface area contributed by atoms with Crippen molar-refractivity contribution < 1.29 is 24.0 Å². The fourth-order valence-corrected chi connectivity index (χ4v) is 7.10. The summed E-state index contributed by atoms with van der Waals surface area (Å²) in [6.45, 7) is 0. The lowest BCUT2D eigenvalue weighted by molar-refractivity contribution is -0.384. The Bertz CT molecular complexity index is 1980. The molecule has 13 heteroatoms. The first kappa shape index (κ1) is 26.4. The number of hydrogen-bond donors (Lipinski definition) is 0. The highest BCUT2D eigenvalue weighted by molar-refractivity contribution is 7.22. The second-order valence-corrected chi connectivity index (χ2v) is 11.6. The fourth-order valence-electron chi connectivity index (χ4n) is 3.97. The number of ether oxygens (including phenoxy) is 2. The number of halogens is 3. The Hall–Kier alpha value is -3.80. The van der Waals surface area contributed by atoms with Crippen LogP contribution in [0.1, 0.15) is 20.1 Å². The second kappa shape index (κ2) is 10.3. The highest BCUT2D eigenvalue weighted by Gasteiger charge is 2.29. The molecule has 6 rings (SSSR count). The molecule has 40 heavy (non-hydrogen) atoms. The summed E-state index contributed by atoms with van der Waals surface area (Å²) in [6.07, 6.45) is 1.44. The van der Waals surface area contributed by atoms with E-state index in [0.29, 0.717) is 30.6 Å². The van der Waals surface area contributed by atoms with Crippen LogP contribution >= 0.6 is 57.5 Å². The number of fused-ring (bicyclic) bond motifs is 2. The van der Waals surface area contributed by atoms with Crippen LogP contribution in [-0.4, -0.2) is 22.8 Å². The number of nitrogens with zero attached hydrogens (tertiary/aromatic N) is 2. The lowest BCUT2D eigenvalue weighted by atomic mass is 10.1. The lowest BCUT2D eigenvalue weighted by Crippen LogP contribution is -2.08. The summed E-state index contributed by atoms with van der Waals surface area (Å²) in [5.41, 5.74) is 0.249. The summed E-state index contributed by atoms with van der Waals surface area (Å²) in [5, 5.41) is 13.4. The van der Waals surface area contributed by atoms with Crippen molar-refractivity contribution in [2.24, 2.45) is 4.99 Å². The zero-order chi connectivity index (χ0) is 28.1. The van der Waals surface area contributed by atoms with Gasteiger partial charge in [0, 0.05) is 42.9 Å². The highest BCUT2D eigenvalue weighted by Crippen LogP contribution is 2.40. The molecule has 0 bridgehead atoms. The molecule has 1 aliphatic rings. The molecule has 198 valence electrons. The monoisotopic (exact) mass is 628 g/mol. The van der Waals surface area contributed by atoms with Gasteiger partial charge in [-0.15, -0.1) is 22.7 Å². The number of rotatable bonds is 5. The molecule has 5 aromatic rings. The number of non-ortho nitro benzene ring substituents is 1. The Balaban J connectivity index is 1.31. The number of nitro groups is 1. The number of cyclic esters (lactones) is 1. The first-order valence-electron chi connectivity index (χ1n) is 11.3. The number of carbonyl (C=O) groups excluding carboxylic acids is 2. The minimum Gasteiger partial charge on any atom is -0.422 e. The minimum absolute atomic E-state index is 0.0164. The van der Waals surface area contributed by atoms with E-state index in [1.807, 2.05) is 0 Å². The predicted molar refractivity (Wildman–Crippen MR) is 157 cm³/mol. The molecule has 2 aromatic heterocycles. The Morgan fingerprint density at radius 1 is 0.975 bits per heavy atom. The molecule has 8 nitrogen and oxygen atoms in total. The number of carbonyl (C=O) groups is 2. The van der Waals surface area contributed by atoms with Gasteiger partial charge < -0.3 is 9.47 Å². The van der Waals surface area contributed by atoms with E-state index in [9.17, 15) is 19.7 Å². The molecular weight excluding hydrogens is 619 g/mol. The molecular formula is C27H11Cl3N2O6S2. The van der Waals surface area contributed by atoms with E-state index in [2.05, 4.69) is 4.99 Å². The van der Waals surface area contributed by atoms with E-state index in [1.165, 1.54) is 35.6 Å². The molecule has 0 saturated carbocycles. The summed E-state index contributed by atoms with van der Waals surface area (Å²) in [4.78, 5) is 41.2. The number of hydrogen-bond acceptors (Lipinski definition) is 9. The van der Waals surface area contributed by atoms with Crippen LogP contribution in [0, 0.1) is 10.1 Å². The summed E-state index contributed by atoms with van der Waals surface area (Å²) >= 11 is 21.3. The largest absolute Gasteiger partial charge is 0.422 e. The van der Waals surface area contributed by atoms with Crippen molar-refractivity contribution in [1.82, 2.24) is 0 Å². The fraction of sp³-hybridized carbons (Fsp3) is 0. The third-order valence-corrected chi connectivity index (χ3v) is 9.35. The Morgan fingerprint density at radius 3 is 2.50 bits per heavy atom. The Kier molecular flexibility index (Phi) is 6.81. The average Bonchev–Trinajstić information content (AvgIpc) is 3.57. The molecule has 0 aliphatic carbocycles. The van der Waals surface area contributed by atoms with Crippen LogP contribution in [0.4, 0.5) is 5.69 Å². The van der Waals surface area contributed by atoms with E-state index in [1.54, 1.807) is 42.5 Å². The maximum atomic E-state index is 13.1. The van der Waals surface area contributed by atoms with Crippen LogP contribution in [0.25, 0.3) is 26.2 Å². The van der Waals surface area contributed by atoms with Crippen molar-refractivity contribution in [2.45, 2.75) is 0 Å². The van der Waals surface area contributed by atoms with Gasteiger partial charge in [0.05, 0.1) is 15.0 Å². The molecule has 0 saturated heterocycles. The quantitative estimate of drug-likeness (QED) is 0.0634. The minimum atomic E-state index is -0.756. The van der Waals surface area contributed by atoms with Gasteiger partial charge in [0.25, 0.3) is 5.69 Å². The molecule has 1 aliphatic heterocycles. The van der Waals surface area contributed by atoms with Gasteiger partial charge in [-0.25, -0.2) is 14.6 Å². The highest BCUT2D eigenvalue weighted by atomic mass is 35.5. The van der Waals surface area contributed by atoms with Gasteiger partial charge in [0.1, 0.15) is 15.5 Å². The van der Waals surface area contributed by atoms with Crippen LogP contribution < -0.4 is 4.74 Å². The molecule has 0 atom stereocenters. The van der Waals surface area contributed by atoms with Crippen LogP contribution in [0.5, 0.6) is 5.75 Å². The molecule has 0 amide bonds. The van der Waals surface area contributed by atoms with E-state index in [4.69, 9.17) is 44.3 Å². The standard InChI is InChI=1S/C27H11Cl3N2O6S2/c28-13-5-7-15-19(10-13)39-23(21(15)29)25-31-17(26(33)38-25)9-12-3-1-2-4-18(12)37-27(34)24-22(30)16-8-6-14(32(35)36)11-20(16)40-24/h1-11H/b17-9+. The predicted octanol–water partition coefficient (Wildman–Crippen LogP) is 8.55. The van der Waals surface area contributed by atoms with Crippen molar-refractivity contribution in [3.05, 3.63) is 107 Å². The third-order valence-electron chi connectivity index (χ3n) is 5.83. The summed E-state index contributed by atoms with van der Waals surface area (Å²) < 4.78 is 12.3. The molecule has 3 heterocycles. The van der Waals surface area contributed by atoms with E-state index < -0.39 is 16.9 Å². The number of esters is 2. The SMILES string of the molecule is O=C1OC(c2sc3cc(Cl)ccc3c2Cl)=N/C1=C/c1ccccc1OC(=O)c1sc2cc([N+](=O)[O-])ccc2c1Cl. The van der Waals surface area contributed by atoms with E-state index >= 15 is 0 Å². The van der Waals surface area contributed by atoms with Crippen molar-refractivity contribution in [3.8, 4) is 5.75 Å². The number of nitro benzene ring substituents is 1. The topological polar surface area (TPSA) is 108 Å². The van der Waals surface area contributed by atoms with Crippen LogP contribution in [-0.2, 0) is 9.53 Å². The van der Waals surface area contributed by atoms with E-state index in [0.717, 1.165) is 21.4 Å². The first-order chi connectivity index (χ1) is 19.2. The van der Waals surface area contributed by atoms with Gasteiger partial charge in [-0.3, -0.25) is 10.1 Å².